The van der Waals surface area contributed by atoms with E-state index in [1.807, 2.05) is 6.92 Å². The number of aliphatic hydroxyl groups excluding tert-OH is 1. The summed E-state index contributed by atoms with van der Waals surface area (Å²) in [4.78, 5) is 23.5. The number of aliphatic hydroxyl groups is 2. The quantitative estimate of drug-likeness (QED) is 0.130. The Morgan fingerprint density at radius 3 is 2.31 bits per heavy atom. The van der Waals surface area contributed by atoms with Gasteiger partial charge in [0.2, 0.25) is 0 Å². The Hall–Kier alpha value is -2.27. The maximum Gasteiger partial charge on any atom is 0.514 e. The zero-order valence-electron chi connectivity index (χ0n) is 30.6. The largest absolute Gasteiger partial charge is 0.514 e. The summed E-state index contributed by atoms with van der Waals surface area (Å²) < 4.78 is 24.4. The molecule has 2 unspecified atom stereocenters. The topological polar surface area (TPSA) is 138 Å². The number of fused-ring (bicyclic) bond motifs is 4. The van der Waals surface area contributed by atoms with E-state index in [2.05, 4.69) is 34.6 Å². The number of hydrogen-bond donors (Lipinski definition) is 2. The van der Waals surface area contributed by atoms with Crippen molar-refractivity contribution in [2.75, 3.05) is 6.61 Å². The second-order valence-corrected chi connectivity index (χ2v) is 18.1. The monoisotopic (exact) mass is 683 g/mol. The first-order valence-corrected chi connectivity index (χ1v) is 18.7. The van der Waals surface area contributed by atoms with Crippen molar-refractivity contribution in [3.05, 3.63) is 34.4 Å². The molecule has 0 aromatic heterocycles. The van der Waals surface area contributed by atoms with Gasteiger partial charge in [0.1, 0.15) is 18.0 Å². The van der Waals surface area contributed by atoms with E-state index in [9.17, 15) is 25.1 Å². The Labute approximate surface area is 290 Å². The SMILES string of the molecule is CCO[C@@H]([C@H]1CC[C@H]2[C@H](O1)[C@H](O)[C@@]1(C)[C@@H]3CCC4C(C)(C)[C@@H](OC(=O)Oc5ccc([N+](=O)[O-])cc5)CCC45[C@@H](C)[C@@]35CC[C@]21C)C(C)(C)O. The summed E-state index contributed by atoms with van der Waals surface area (Å²) >= 11 is 0. The Morgan fingerprint density at radius 2 is 1.67 bits per heavy atom. The van der Waals surface area contributed by atoms with Crippen LogP contribution in [0.3, 0.4) is 0 Å². The van der Waals surface area contributed by atoms with Crippen molar-refractivity contribution < 1.29 is 38.9 Å². The fraction of sp³-hybridized carbons (Fsp3) is 0.821. The Balaban J connectivity index is 1.11. The van der Waals surface area contributed by atoms with Gasteiger partial charge in [0, 0.05) is 29.6 Å². The van der Waals surface area contributed by atoms with Gasteiger partial charge in [-0.3, -0.25) is 10.1 Å². The highest BCUT2D eigenvalue weighted by molar-refractivity contribution is 5.64. The Bertz CT molecular complexity index is 1470. The second-order valence-electron chi connectivity index (χ2n) is 18.1. The van der Waals surface area contributed by atoms with Crippen molar-refractivity contribution in [1.82, 2.24) is 0 Å². The summed E-state index contributed by atoms with van der Waals surface area (Å²) in [7, 11) is 0. The minimum atomic E-state index is -1.05. The molecule has 1 aliphatic heterocycles. The van der Waals surface area contributed by atoms with Crippen molar-refractivity contribution in [1.29, 1.82) is 0 Å². The summed E-state index contributed by atoms with van der Waals surface area (Å²) in [6.45, 7) is 17.8. The molecular weight excluding hydrogens is 626 g/mol. The molecule has 5 aliphatic carbocycles. The van der Waals surface area contributed by atoms with E-state index >= 15 is 0 Å². The first kappa shape index (κ1) is 35.1. The molecule has 1 heterocycles. The van der Waals surface area contributed by atoms with Gasteiger partial charge in [-0.25, -0.2) is 4.79 Å². The number of rotatable bonds is 7. The van der Waals surface area contributed by atoms with E-state index in [-0.39, 0.29) is 62.7 Å². The van der Waals surface area contributed by atoms with Crippen molar-refractivity contribution in [3.8, 4) is 5.75 Å². The smallest absolute Gasteiger partial charge is 0.430 e. The molecule has 10 nitrogen and oxygen atoms in total. The molecule has 5 saturated carbocycles. The molecule has 6 fully saturated rings. The fourth-order valence-corrected chi connectivity index (χ4v) is 13.8. The van der Waals surface area contributed by atoms with E-state index < -0.39 is 28.9 Å². The predicted octanol–water partition coefficient (Wildman–Crippen LogP) is 7.47. The number of nitro benzene ring substituents is 1. The zero-order valence-corrected chi connectivity index (χ0v) is 30.6. The van der Waals surface area contributed by atoms with Crippen LogP contribution in [0.15, 0.2) is 24.3 Å². The lowest BCUT2D eigenvalue weighted by Gasteiger charge is -2.63. The molecule has 10 heteroatoms. The summed E-state index contributed by atoms with van der Waals surface area (Å²) in [6, 6.07) is 5.45. The molecule has 2 N–H and O–H groups in total. The van der Waals surface area contributed by atoms with E-state index in [4.69, 9.17) is 18.9 Å². The summed E-state index contributed by atoms with van der Waals surface area (Å²) in [5.41, 5.74) is -1.50. The van der Waals surface area contributed by atoms with Crippen molar-refractivity contribution in [3.63, 3.8) is 0 Å². The first-order chi connectivity index (χ1) is 22.9. The molecule has 49 heavy (non-hydrogen) atoms. The maximum absolute atomic E-state index is 13.0. The predicted molar refractivity (Wildman–Crippen MR) is 182 cm³/mol. The van der Waals surface area contributed by atoms with Gasteiger partial charge in [-0.15, -0.1) is 0 Å². The highest BCUT2D eigenvalue weighted by atomic mass is 16.7. The second kappa shape index (κ2) is 11.4. The number of carbonyl (C=O) groups is 1. The van der Waals surface area contributed by atoms with Gasteiger partial charge in [0.05, 0.1) is 28.8 Å². The highest BCUT2D eigenvalue weighted by Crippen LogP contribution is 2.91. The van der Waals surface area contributed by atoms with Crippen molar-refractivity contribution in [2.45, 2.75) is 143 Å². The van der Waals surface area contributed by atoms with E-state index in [1.54, 1.807) is 13.8 Å². The van der Waals surface area contributed by atoms with Gasteiger partial charge >= 0.3 is 6.16 Å². The first-order valence-electron chi connectivity index (χ1n) is 18.7. The standard InChI is InChI=1S/C39H57NO9/c1-9-46-32(35(5,6)43)26-15-14-25-30(48-26)31(41)37(8)28-17-16-27-34(3,4)29(49-33(42)47-24-12-10-23(11-13-24)40(44)45)18-19-38(27)22(2)39(28,38)21-20-36(25,37)7/h10-13,22,25-32,41,43H,9,14-21H2,1-8H3/t22-,25+,26-,27?,28+,29+,30+,31+,32+,36-,37-,38?,39+/m1/s1. The van der Waals surface area contributed by atoms with Crippen LogP contribution in [0.5, 0.6) is 5.75 Å². The van der Waals surface area contributed by atoms with E-state index in [0.29, 0.717) is 24.4 Å². The molecule has 1 aromatic rings. The molecule has 0 bridgehead atoms. The van der Waals surface area contributed by atoms with Crippen LogP contribution in [0, 0.1) is 60.9 Å². The average Bonchev–Trinajstić information content (AvgIpc) is 3.51. The lowest BCUT2D eigenvalue weighted by atomic mass is 9.41. The molecule has 2 spiro atoms. The average molecular weight is 684 g/mol. The van der Waals surface area contributed by atoms with Gasteiger partial charge in [0.15, 0.2) is 0 Å². The summed E-state index contributed by atoms with van der Waals surface area (Å²) in [6.07, 6.45) is 5.09. The Morgan fingerprint density at radius 1 is 1.02 bits per heavy atom. The van der Waals surface area contributed by atoms with Gasteiger partial charge < -0.3 is 29.2 Å². The highest BCUT2D eigenvalue weighted by Gasteiger charge is 2.87. The van der Waals surface area contributed by atoms with E-state index in [1.165, 1.54) is 24.3 Å². The van der Waals surface area contributed by atoms with Crippen molar-refractivity contribution in [2.24, 2.45) is 50.7 Å². The molecule has 272 valence electrons. The molecule has 0 radical (unpaired) electrons. The lowest BCUT2D eigenvalue weighted by Crippen LogP contribution is -2.60. The van der Waals surface area contributed by atoms with Gasteiger partial charge in [0.25, 0.3) is 5.69 Å². The number of non-ortho nitro benzene ring substituents is 1. The summed E-state index contributed by atoms with van der Waals surface area (Å²) in [5.74, 6) is 1.71. The number of nitro groups is 1. The third-order valence-electron chi connectivity index (χ3n) is 16.0. The van der Waals surface area contributed by atoms with Crippen LogP contribution in [-0.4, -0.2) is 64.0 Å². The van der Waals surface area contributed by atoms with Crippen LogP contribution in [-0.2, 0) is 14.2 Å². The number of nitrogens with zero attached hydrogens (tertiary/aromatic N) is 1. The van der Waals surface area contributed by atoms with Crippen LogP contribution in [0.4, 0.5) is 10.5 Å². The number of ether oxygens (including phenoxy) is 4. The molecule has 1 aromatic carbocycles. The van der Waals surface area contributed by atoms with Crippen LogP contribution in [0.2, 0.25) is 0 Å². The number of hydrogen-bond acceptors (Lipinski definition) is 9. The van der Waals surface area contributed by atoms with Crippen LogP contribution < -0.4 is 4.74 Å². The number of carbonyl (C=O) groups excluding carboxylic acids is 1. The maximum atomic E-state index is 13.0. The normalized spacial score (nSPS) is 45.4. The molecule has 1 saturated heterocycles. The van der Waals surface area contributed by atoms with Gasteiger partial charge in [-0.2, -0.15) is 0 Å². The van der Waals surface area contributed by atoms with Gasteiger partial charge in [-0.05, 0) is 124 Å². The fourth-order valence-electron chi connectivity index (χ4n) is 13.8. The van der Waals surface area contributed by atoms with Crippen LogP contribution >= 0.6 is 0 Å². The number of benzene rings is 1. The Kier molecular flexibility index (Phi) is 8.15. The minimum absolute atomic E-state index is 0.0540. The molecule has 6 aliphatic rings. The zero-order chi connectivity index (χ0) is 35.5. The molecule has 13 atom stereocenters. The van der Waals surface area contributed by atoms with E-state index in [0.717, 1.165) is 51.4 Å². The van der Waals surface area contributed by atoms with Crippen molar-refractivity contribution >= 4 is 11.8 Å². The lowest BCUT2D eigenvalue weighted by molar-refractivity contribution is -0.384. The van der Waals surface area contributed by atoms with Gasteiger partial charge in [-0.1, -0.05) is 34.6 Å². The third kappa shape index (κ3) is 4.61. The molecule has 7 rings (SSSR count). The van der Waals surface area contributed by atoms with Crippen LogP contribution in [0.1, 0.15) is 107 Å². The minimum Gasteiger partial charge on any atom is -0.430 e. The molecule has 0 amide bonds. The van der Waals surface area contributed by atoms with Crippen LogP contribution in [0.25, 0.3) is 0 Å². The summed E-state index contributed by atoms with van der Waals surface area (Å²) in [5, 5.41) is 34.5. The third-order valence-corrected chi connectivity index (χ3v) is 16.0. The molecular formula is C39H57NO9.